The number of carbonyl (C=O) groups excluding carboxylic acids is 2. The third-order valence-electron chi connectivity index (χ3n) is 3.69. The Kier molecular flexibility index (Phi) is 4.84. The number of nitrogens with one attached hydrogen (secondary N) is 3. The maximum absolute atomic E-state index is 12.0. The van der Waals surface area contributed by atoms with Crippen molar-refractivity contribution in [1.82, 2.24) is 20.5 Å². The van der Waals surface area contributed by atoms with Gasteiger partial charge in [0.05, 0.1) is 11.7 Å². The average Bonchev–Trinajstić information content (AvgIpc) is 3.17. The van der Waals surface area contributed by atoms with Crippen LogP contribution in [0.3, 0.4) is 0 Å². The predicted molar refractivity (Wildman–Crippen MR) is 93.4 cm³/mol. The largest absolute Gasteiger partial charge is 0.341 e. The molecule has 0 aliphatic rings. The van der Waals surface area contributed by atoms with Crippen LogP contribution in [0.2, 0.25) is 0 Å². The van der Waals surface area contributed by atoms with Crippen molar-refractivity contribution in [3.05, 3.63) is 66.6 Å². The van der Waals surface area contributed by atoms with E-state index in [1.807, 2.05) is 24.3 Å². The van der Waals surface area contributed by atoms with Crippen molar-refractivity contribution in [3.8, 4) is 11.3 Å². The van der Waals surface area contributed by atoms with E-state index in [1.165, 1.54) is 0 Å². The lowest BCUT2D eigenvalue weighted by molar-refractivity contribution is -0.136. The number of nitrogens with zero attached hydrogens (tertiary/aromatic N) is 2. The summed E-state index contributed by atoms with van der Waals surface area (Å²) in [7, 11) is 0. The van der Waals surface area contributed by atoms with Gasteiger partial charge in [0.2, 0.25) is 0 Å². The Balaban J connectivity index is 1.59. The maximum atomic E-state index is 12.0. The summed E-state index contributed by atoms with van der Waals surface area (Å²) >= 11 is 0. The van der Waals surface area contributed by atoms with Crippen LogP contribution in [0.25, 0.3) is 11.3 Å². The lowest BCUT2D eigenvalue weighted by Crippen LogP contribution is -2.36. The van der Waals surface area contributed by atoms with Crippen molar-refractivity contribution in [2.24, 2.45) is 0 Å². The fourth-order valence-electron chi connectivity index (χ4n) is 2.32. The van der Waals surface area contributed by atoms with Gasteiger partial charge in [0.15, 0.2) is 0 Å². The van der Waals surface area contributed by atoms with Gasteiger partial charge in [-0.3, -0.25) is 19.7 Å². The molecule has 25 heavy (non-hydrogen) atoms. The molecular formula is C18H17N5O2. The molecule has 2 heterocycles. The summed E-state index contributed by atoms with van der Waals surface area (Å²) in [6, 6.07) is 12.3. The summed E-state index contributed by atoms with van der Waals surface area (Å²) in [6.45, 7) is 1.79. The van der Waals surface area contributed by atoms with Gasteiger partial charge in [-0.15, -0.1) is 0 Å². The van der Waals surface area contributed by atoms with E-state index in [4.69, 9.17) is 0 Å². The molecule has 7 nitrogen and oxygen atoms in total. The molecule has 0 bridgehead atoms. The zero-order valence-electron chi connectivity index (χ0n) is 13.6. The van der Waals surface area contributed by atoms with E-state index in [9.17, 15) is 9.59 Å². The number of aromatic nitrogens is 3. The van der Waals surface area contributed by atoms with Crippen LogP contribution in [-0.2, 0) is 9.59 Å². The van der Waals surface area contributed by atoms with E-state index in [0.717, 1.165) is 16.8 Å². The van der Waals surface area contributed by atoms with Crippen LogP contribution >= 0.6 is 0 Å². The number of anilines is 1. The summed E-state index contributed by atoms with van der Waals surface area (Å²) in [5.74, 6) is -1.42. The molecule has 0 radical (unpaired) electrons. The monoisotopic (exact) mass is 335 g/mol. The summed E-state index contributed by atoms with van der Waals surface area (Å²) in [5, 5.41) is 12.0. The molecule has 0 spiro atoms. The Bertz CT molecular complexity index is 845. The second kappa shape index (κ2) is 7.39. The highest BCUT2D eigenvalue weighted by molar-refractivity contribution is 6.39. The maximum Gasteiger partial charge on any atom is 0.313 e. The first-order valence-corrected chi connectivity index (χ1v) is 7.75. The van der Waals surface area contributed by atoms with E-state index < -0.39 is 11.8 Å². The van der Waals surface area contributed by atoms with Gasteiger partial charge >= 0.3 is 11.8 Å². The zero-order chi connectivity index (χ0) is 17.6. The first-order chi connectivity index (χ1) is 12.1. The summed E-state index contributed by atoms with van der Waals surface area (Å²) in [6.07, 6.45) is 4.97. The molecular weight excluding hydrogens is 318 g/mol. The number of hydrogen-bond donors (Lipinski definition) is 3. The molecule has 2 aromatic heterocycles. The molecule has 126 valence electrons. The minimum atomic E-state index is -0.718. The molecule has 2 amide bonds. The number of rotatable bonds is 4. The minimum absolute atomic E-state index is 0.310. The van der Waals surface area contributed by atoms with Crippen molar-refractivity contribution in [1.29, 1.82) is 0 Å². The van der Waals surface area contributed by atoms with E-state index >= 15 is 0 Å². The Labute approximate surface area is 144 Å². The number of benzene rings is 1. The third kappa shape index (κ3) is 4.08. The number of amides is 2. The minimum Gasteiger partial charge on any atom is -0.341 e. The molecule has 0 aliphatic heterocycles. The van der Waals surface area contributed by atoms with E-state index in [2.05, 4.69) is 25.8 Å². The fourth-order valence-corrected chi connectivity index (χ4v) is 2.32. The van der Waals surface area contributed by atoms with Crippen molar-refractivity contribution in [2.75, 3.05) is 5.32 Å². The van der Waals surface area contributed by atoms with Crippen molar-refractivity contribution >= 4 is 17.5 Å². The van der Waals surface area contributed by atoms with Gasteiger partial charge in [0.1, 0.15) is 0 Å². The van der Waals surface area contributed by atoms with Crippen LogP contribution < -0.4 is 10.6 Å². The van der Waals surface area contributed by atoms with Crippen molar-refractivity contribution in [3.63, 3.8) is 0 Å². The average molecular weight is 335 g/mol. The van der Waals surface area contributed by atoms with E-state index in [0.29, 0.717) is 5.69 Å². The van der Waals surface area contributed by atoms with Gasteiger partial charge in [0.25, 0.3) is 0 Å². The van der Waals surface area contributed by atoms with Gasteiger partial charge in [0, 0.05) is 24.3 Å². The quantitative estimate of drug-likeness (QED) is 0.637. The number of pyridine rings is 1. The molecule has 0 aliphatic carbocycles. The van der Waals surface area contributed by atoms with Crippen LogP contribution in [0.1, 0.15) is 18.5 Å². The first-order valence-electron chi connectivity index (χ1n) is 7.75. The zero-order valence-corrected chi connectivity index (χ0v) is 13.6. The summed E-state index contributed by atoms with van der Waals surface area (Å²) < 4.78 is 0. The molecule has 7 heteroatoms. The standard InChI is InChI=1S/C18H17N5O2/c1-12(14-3-2-9-19-11-14)21-17(24)18(25)22-15-6-4-13(5-7-15)16-8-10-20-23-16/h2-12H,1H3,(H,20,23)(H,21,24)(H,22,25). The van der Waals surface area contributed by atoms with Crippen molar-refractivity contribution < 1.29 is 9.59 Å². The Morgan fingerprint density at radius 3 is 2.48 bits per heavy atom. The van der Waals surface area contributed by atoms with Crippen LogP contribution in [0.15, 0.2) is 61.1 Å². The number of H-pyrrole nitrogens is 1. The highest BCUT2D eigenvalue weighted by Crippen LogP contribution is 2.18. The second-order valence-corrected chi connectivity index (χ2v) is 5.48. The number of carbonyl (C=O) groups is 2. The molecule has 1 aromatic carbocycles. The first kappa shape index (κ1) is 16.4. The Morgan fingerprint density at radius 2 is 1.84 bits per heavy atom. The molecule has 0 fully saturated rings. The molecule has 3 N–H and O–H groups in total. The van der Waals surface area contributed by atoms with Crippen LogP contribution in [0, 0.1) is 0 Å². The number of aromatic amines is 1. The van der Waals surface area contributed by atoms with Gasteiger partial charge in [-0.1, -0.05) is 18.2 Å². The van der Waals surface area contributed by atoms with Gasteiger partial charge in [-0.25, -0.2) is 0 Å². The van der Waals surface area contributed by atoms with Crippen molar-refractivity contribution in [2.45, 2.75) is 13.0 Å². The van der Waals surface area contributed by atoms with E-state index in [-0.39, 0.29) is 6.04 Å². The molecule has 0 saturated heterocycles. The smallest absolute Gasteiger partial charge is 0.313 e. The lowest BCUT2D eigenvalue weighted by atomic mass is 10.1. The second-order valence-electron chi connectivity index (χ2n) is 5.48. The van der Waals surface area contributed by atoms with Crippen LogP contribution in [-0.4, -0.2) is 27.0 Å². The lowest BCUT2D eigenvalue weighted by Gasteiger charge is -2.13. The SMILES string of the molecule is CC(NC(=O)C(=O)Nc1ccc(-c2ccn[nH]2)cc1)c1cccnc1. The van der Waals surface area contributed by atoms with E-state index in [1.54, 1.807) is 43.7 Å². The van der Waals surface area contributed by atoms with Gasteiger partial charge in [-0.2, -0.15) is 5.10 Å². The topological polar surface area (TPSA) is 99.8 Å². The molecule has 3 aromatic rings. The Hall–Kier alpha value is -3.48. The predicted octanol–water partition coefficient (Wildman–Crippen LogP) is 2.29. The molecule has 1 unspecified atom stereocenters. The van der Waals surface area contributed by atoms with Gasteiger partial charge < -0.3 is 10.6 Å². The third-order valence-corrected chi connectivity index (χ3v) is 3.69. The molecule has 1 atom stereocenters. The van der Waals surface area contributed by atoms with Crippen LogP contribution in [0.5, 0.6) is 0 Å². The molecule has 0 saturated carbocycles. The van der Waals surface area contributed by atoms with Gasteiger partial charge in [-0.05, 0) is 42.3 Å². The van der Waals surface area contributed by atoms with Crippen LogP contribution in [0.4, 0.5) is 5.69 Å². The fraction of sp³-hybridized carbons (Fsp3) is 0.111. The number of hydrogen-bond acceptors (Lipinski definition) is 4. The normalized spacial score (nSPS) is 11.6. The summed E-state index contributed by atoms with van der Waals surface area (Å²) in [4.78, 5) is 28.1. The summed E-state index contributed by atoms with van der Waals surface area (Å²) in [5.41, 5.74) is 3.18. The highest BCUT2D eigenvalue weighted by Gasteiger charge is 2.17. The highest BCUT2D eigenvalue weighted by atomic mass is 16.2. The Morgan fingerprint density at radius 1 is 1.04 bits per heavy atom. The molecule has 3 rings (SSSR count).